The highest BCUT2D eigenvalue weighted by Crippen LogP contribution is 2.32. The van der Waals surface area contributed by atoms with E-state index < -0.39 is 45.0 Å². The number of rotatable bonds is 8. The Kier molecular flexibility index (Phi) is 8.14. The molecule has 0 aromatic carbocycles. The molecule has 0 spiro atoms. The molecule has 0 aliphatic carbocycles. The van der Waals surface area contributed by atoms with Gasteiger partial charge < -0.3 is 10.2 Å². The second kappa shape index (κ2) is 8.17. The van der Waals surface area contributed by atoms with Crippen molar-refractivity contribution < 1.29 is 32.6 Å². The van der Waals surface area contributed by atoms with Crippen LogP contribution < -0.4 is 0 Å². The van der Waals surface area contributed by atoms with Gasteiger partial charge in [-0.05, 0) is 11.8 Å². The van der Waals surface area contributed by atoms with Crippen molar-refractivity contribution in [3.8, 4) is 0 Å². The molecule has 0 saturated heterocycles. The molecule has 18 heavy (non-hydrogen) atoms. The fourth-order valence-electron chi connectivity index (χ4n) is 0.956. The maximum Gasteiger partial charge on any atom is 0.324 e. The molecule has 4 atom stereocenters. The van der Waals surface area contributed by atoms with Crippen molar-refractivity contribution in [1.82, 2.24) is 0 Å². The van der Waals surface area contributed by atoms with Crippen LogP contribution in [0.1, 0.15) is 27.7 Å². The standard InChI is InChI=1S/C10H21F2O5P/c1-5(2)7(13)9(11)16-18(15)17-10(12)8(14)6(3)4/h5-10,13-14,18H,1-4H3. The molecule has 110 valence electrons. The predicted molar refractivity (Wildman–Crippen MR) is 62.7 cm³/mol. The minimum absolute atomic E-state index is 0.447. The van der Waals surface area contributed by atoms with E-state index in [9.17, 15) is 23.6 Å². The topological polar surface area (TPSA) is 76.0 Å². The highest BCUT2D eigenvalue weighted by molar-refractivity contribution is 7.33. The minimum Gasteiger partial charge on any atom is -0.387 e. The highest BCUT2D eigenvalue weighted by Gasteiger charge is 2.28. The Morgan fingerprint density at radius 1 is 0.889 bits per heavy atom. The van der Waals surface area contributed by atoms with Crippen molar-refractivity contribution in [2.45, 2.75) is 52.6 Å². The maximum absolute atomic E-state index is 13.2. The van der Waals surface area contributed by atoms with Crippen LogP contribution in [0.3, 0.4) is 0 Å². The van der Waals surface area contributed by atoms with Gasteiger partial charge in [-0.1, -0.05) is 27.7 Å². The minimum atomic E-state index is -3.46. The van der Waals surface area contributed by atoms with Crippen LogP contribution in [0.25, 0.3) is 0 Å². The maximum atomic E-state index is 13.2. The van der Waals surface area contributed by atoms with E-state index in [1.54, 1.807) is 27.7 Å². The summed E-state index contributed by atoms with van der Waals surface area (Å²) in [6, 6.07) is 0. The van der Waals surface area contributed by atoms with Gasteiger partial charge in [0.1, 0.15) is 12.2 Å². The number of aliphatic hydroxyl groups excluding tert-OH is 2. The van der Waals surface area contributed by atoms with Gasteiger partial charge in [0.25, 0.3) is 0 Å². The highest BCUT2D eigenvalue weighted by atomic mass is 31.1. The lowest BCUT2D eigenvalue weighted by Gasteiger charge is -2.21. The van der Waals surface area contributed by atoms with Gasteiger partial charge in [-0.2, -0.15) is 0 Å². The largest absolute Gasteiger partial charge is 0.387 e. The summed E-state index contributed by atoms with van der Waals surface area (Å²) in [5, 5.41) is 18.5. The SMILES string of the molecule is CC(C)C(O)C(F)O[PH](=O)OC(F)C(O)C(C)C. The summed E-state index contributed by atoms with van der Waals surface area (Å²) in [6.07, 6.45) is -7.40. The first-order chi connectivity index (χ1) is 8.16. The Hall–Kier alpha value is -0.0700. The summed E-state index contributed by atoms with van der Waals surface area (Å²) in [7, 11) is -3.46. The van der Waals surface area contributed by atoms with Gasteiger partial charge in [0.15, 0.2) is 0 Å². The first kappa shape index (κ1) is 17.9. The van der Waals surface area contributed by atoms with Gasteiger partial charge >= 0.3 is 8.25 Å². The summed E-state index contributed by atoms with van der Waals surface area (Å²) in [5.74, 6) is -0.894. The Morgan fingerprint density at radius 2 is 1.17 bits per heavy atom. The van der Waals surface area contributed by atoms with Crippen LogP contribution in [0.15, 0.2) is 0 Å². The number of halogens is 2. The molecule has 4 unspecified atom stereocenters. The van der Waals surface area contributed by atoms with Crippen molar-refractivity contribution in [3.63, 3.8) is 0 Å². The Bertz CT molecular complexity index is 241. The number of hydrogen-bond donors (Lipinski definition) is 2. The smallest absolute Gasteiger partial charge is 0.324 e. The Balaban J connectivity index is 4.19. The third-order valence-electron chi connectivity index (χ3n) is 2.32. The molecule has 2 N–H and O–H groups in total. The Morgan fingerprint density at radius 3 is 1.39 bits per heavy atom. The first-order valence-corrected chi connectivity index (χ1v) is 6.90. The van der Waals surface area contributed by atoms with Crippen molar-refractivity contribution in [2.75, 3.05) is 0 Å². The second-order valence-electron chi connectivity index (χ2n) is 4.66. The average Bonchev–Trinajstić information content (AvgIpc) is 2.25. The first-order valence-electron chi connectivity index (χ1n) is 5.68. The number of hydrogen-bond acceptors (Lipinski definition) is 5. The van der Waals surface area contributed by atoms with Crippen molar-refractivity contribution in [3.05, 3.63) is 0 Å². The zero-order chi connectivity index (χ0) is 14.5. The van der Waals surface area contributed by atoms with E-state index in [2.05, 4.69) is 9.05 Å². The second-order valence-corrected chi connectivity index (χ2v) is 5.63. The van der Waals surface area contributed by atoms with Crippen molar-refractivity contribution in [2.24, 2.45) is 11.8 Å². The van der Waals surface area contributed by atoms with Crippen LogP contribution in [0.2, 0.25) is 0 Å². The predicted octanol–water partition coefficient (Wildman–Crippen LogP) is 2.03. The third-order valence-corrected chi connectivity index (χ3v) is 3.16. The molecular weight excluding hydrogens is 269 g/mol. The van der Waals surface area contributed by atoms with Gasteiger partial charge in [-0.15, -0.1) is 0 Å². The summed E-state index contributed by atoms with van der Waals surface area (Å²) in [5.41, 5.74) is 0. The zero-order valence-electron chi connectivity index (χ0n) is 10.8. The van der Waals surface area contributed by atoms with Gasteiger partial charge in [0.2, 0.25) is 12.7 Å². The van der Waals surface area contributed by atoms with E-state index in [0.29, 0.717) is 0 Å². The summed E-state index contributed by atoms with van der Waals surface area (Å²) in [6.45, 7) is 6.16. The van der Waals surface area contributed by atoms with E-state index in [1.165, 1.54) is 0 Å². The molecule has 0 saturated carbocycles. The average molecular weight is 290 g/mol. The molecule has 0 bridgehead atoms. The number of aliphatic hydroxyl groups is 2. The van der Waals surface area contributed by atoms with Crippen LogP contribution in [0, 0.1) is 11.8 Å². The van der Waals surface area contributed by atoms with Crippen molar-refractivity contribution >= 4 is 8.25 Å². The van der Waals surface area contributed by atoms with Crippen LogP contribution in [-0.4, -0.2) is 35.1 Å². The number of alkyl halides is 2. The fourth-order valence-corrected chi connectivity index (χ4v) is 1.66. The molecular formula is C10H21F2O5P. The molecule has 0 heterocycles. The third kappa shape index (κ3) is 6.20. The van der Waals surface area contributed by atoms with Crippen LogP contribution in [-0.2, 0) is 13.6 Å². The Labute approximate surface area is 106 Å². The molecule has 0 aliphatic heterocycles. The lowest BCUT2D eigenvalue weighted by molar-refractivity contribution is -0.0969. The molecule has 0 rings (SSSR count). The van der Waals surface area contributed by atoms with E-state index in [-0.39, 0.29) is 0 Å². The quantitative estimate of drug-likeness (QED) is 0.669. The summed E-state index contributed by atoms with van der Waals surface area (Å²) >= 11 is 0. The van der Waals surface area contributed by atoms with Crippen LogP contribution in [0.4, 0.5) is 8.78 Å². The van der Waals surface area contributed by atoms with Gasteiger partial charge in [-0.25, -0.2) is 8.78 Å². The zero-order valence-corrected chi connectivity index (χ0v) is 11.8. The molecule has 0 radical (unpaired) electrons. The molecule has 0 aromatic rings. The lowest BCUT2D eigenvalue weighted by atomic mass is 10.1. The van der Waals surface area contributed by atoms with E-state index in [1.807, 2.05) is 0 Å². The van der Waals surface area contributed by atoms with Crippen LogP contribution >= 0.6 is 8.25 Å². The molecule has 5 nitrogen and oxygen atoms in total. The lowest BCUT2D eigenvalue weighted by Crippen LogP contribution is -2.30. The fraction of sp³-hybridized carbons (Fsp3) is 1.00. The van der Waals surface area contributed by atoms with Gasteiger partial charge in [-0.3, -0.25) is 13.6 Å². The van der Waals surface area contributed by atoms with E-state index in [0.717, 1.165) is 0 Å². The summed E-state index contributed by atoms with van der Waals surface area (Å²) < 4.78 is 46.0. The van der Waals surface area contributed by atoms with Gasteiger partial charge in [0, 0.05) is 0 Å². The van der Waals surface area contributed by atoms with Crippen molar-refractivity contribution in [1.29, 1.82) is 0 Å². The molecule has 0 aromatic heterocycles. The van der Waals surface area contributed by atoms with E-state index in [4.69, 9.17) is 0 Å². The molecule has 0 amide bonds. The normalized spacial score (nSPS) is 20.8. The van der Waals surface area contributed by atoms with Gasteiger partial charge in [0.05, 0.1) is 0 Å². The molecule has 0 aliphatic rings. The molecule has 8 heteroatoms. The van der Waals surface area contributed by atoms with Crippen LogP contribution in [0.5, 0.6) is 0 Å². The monoisotopic (exact) mass is 290 g/mol. The van der Waals surface area contributed by atoms with E-state index >= 15 is 0 Å². The summed E-state index contributed by atoms with van der Waals surface area (Å²) in [4.78, 5) is 0. The molecule has 0 fully saturated rings.